The Balaban J connectivity index is 2.01. The van der Waals surface area contributed by atoms with Crippen LogP contribution in [-0.2, 0) is 9.59 Å². The van der Waals surface area contributed by atoms with Crippen LogP contribution in [0.2, 0.25) is 0 Å². The molecule has 0 aliphatic heterocycles. The lowest BCUT2D eigenvalue weighted by Gasteiger charge is -2.19. The molecule has 3 N–H and O–H groups in total. The Morgan fingerprint density at radius 2 is 1.94 bits per heavy atom. The van der Waals surface area contributed by atoms with E-state index in [-0.39, 0.29) is 18.9 Å². The van der Waals surface area contributed by atoms with E-state index in [2.05, 4.69) is 32.7 Å². The summed E-state index contributed by atoms with van der Waals surface area (Å²) in [7, 11) is 3.00. The lowest BCUT2D eigenvalue weighted by atomic mass is 10.0. The fraction of sp³-hybridized carbons (Fsp3) is 0.450. The van der Waals surface area contributed by atoms with Crippen LogP contribution in [-0.4, -0.2) is 58.3 Å². The molecule has 0 fully saturated rings. The molecule has 11 nitrogen and oxygen atoms in total. The van der Waals surface area contributed by atoms with Crippen molar-refractivity contribution >= 4 is 18.1 Å². The quantitative estimate of drug-likeness (QED) is 0.188. The van der Waals surface area contributed by atoms with Crippen molar-refractivity contribution in [2.75, 3.05) is 26.2 Å². The minimum atomic E-state index is -0.550. The van der Waals surface area contributed by atoms with E-state index < -0.39 is 5.92 Å². The van der Waals surface area contributed by atoms with Crippen LogP contribution in [0.4, 0.5) is 5.82 Å². The van der Waals surface area contributed by atoms with Gasteiger partial charge in [-0.05, 0) is 18.6 Å². The first-order valence-electron chi connectivity index (χ1n) is 9.90. The third-order valence-corrected chi connectivity index (χ3v) is 4.49. The molecule has 2 aromatic rings. The van der Waals surface area contributed by atoms with E-state index >= 15 is 0 Å². The van der Waals surface area contributed by atoms with Gasteiger partial charge in [0.1, 0.15) is 5.82 Å². The molecule has 2 amide bonds. The summed E-state index contributed by atoms with van der Waals surface area (Å²) in [4.78, 5) is 36.0. The summed E-state index contributed by atoms with van der Waals surface area (Å²) in [6.45, 7) is 1.98. The van der Waals surface area contributed by atoms with E-state index in [4.69, 9.17) is 9.47 Å². The van der Waals surface area contributed by atoms with Gasteiger partial charge in [-0.3, -0.25) is 25.6 Å². The number of anilines is 1. The molecule has 168 valence electrons. The van der Waals surface area contributed by atoms with E-state index in [0.717, 1.165) is 19.3 Å². The van der Waals surface area contributed by atoms with Gasteiger partial charge in [0.2, 0.25) is 24.1 Å². The van der Waals surface area contributed by atoms with Crippen LogP contribution in [0.1, 0.15) is 32.6 Å². The molecule has 0 spiro atoms. The maximum atomic E-state index is 12.5. The molecule has 0 bridgehead atoms. The van der Waals surface area contributed by atoms with E-state index in [1.807, 2.05) is 0 Å². The summed E-state index contributed by atoms with van der Waals surface area (Å²) >= 11 is 0. The summed E-state index contributed by atoms with van der Waals surface area (Å²) in [5.74, 6) is 0.606. The highest BCUT2D eigenvalue weighted by molar-refractivity contribution is 5.80. The number of amides is 2. The summed E-state index contributed by atoms with van der Waals surface area (Å²) in [6, 6.07) is 4.95. The molecule has 31 heavy (non-hydrogen) atoms. The number of methoxy groups -OCH3 is 2. The van der Waals surface area contributed by atoms with Crippen molar-refractivity contribution < 1.29 is 24.3 Å². The van der Waals surface area contributed by atoms with Crippen molar-refractivity contribution in [2.45, 2.75) is 32.6 Å². The van der Waals surface area contributed by atoms with Crippen LogP contribution in [0.15, 0.2) is 24.4 Å². The van der Waals surface area contributed by atoms with Gasteiger partial charge in [0.15, 0.2) is 5.82 Å². The Labute approximate surface area is 180 Å². The highest BCUT2D eigenvalue weighted by Crippen LogP contribution is 2.22. The summed E-state index contributed by atoms with van der Waals surface area (Å²) in [5.41, 5.74) is 5.95. The van der Waals surface area contributed by atoms with Crippen molar-refractivity contribution in [1.29, 1.82) is 0 Å². The first-order chi connectivity index (χ1) is 15.0. The molecule has 2 aromatic heterocycles. The van der Waals surface area contributed by atoms with E-state index in [1.54, 1.807) is 24.4 Å². The summed E-state index contributed by atoms with van der Waals surface area (Å²) in [6.07, 6.45) is 5.16. The standard InChI is InChI=1S/C20H28N6O5/c1-4-5-6-7-15(12-26(29)13-27)20(28)25-24-16-9-8-14(11-21-16)19-22-17(30-2)10-18(23-19)31-3/h8-11,13,15,29H,4-7,12H2,1-3H3,(H,21,24)(H,25,28). The molecule has 0 aliphatic rings. The van der Waals surface area contributed by atoms with Gasteiger partial charge in [0.05, 0.1) is 32.7 Å². The molecule has 2 rings (SSSR count). The lowest BCUT2D eigenvalue weighted by molar-refractivity contribution is -0.154. The molecule has 1 unspecified atom stereocenters. The molecule has 0 aromatic carbocycles. The predicted molar refractivity (Wildman–Crippen MR) is 112 cm³/mol. The Morgan fingerprint density at radius 3 is 2.48 bits per heavy atom. The first kappa shape index (κ1) is 23.8. The largest absolute Gasteiger partial charge is 0.481 e. The topological polar surface area (TPSA) is 139 Å². The minimum absolute atomic E-state index is 0.0812. The van der Waals surface area contributed by atoms with E-state index in [9.17, 15) is 14.8 Å². The second kappa shape index (κ2) is 12.3. The fourth-order valence-electron chi connectivity index (χ4n) is 2.78. The van der Waals surface area contributed by atoms with Gasteiger partial charge in [-0.15, -0.1) is 0 Å². The average Bonchev–Trinajstić information content (AvgIpc) is 2.81. The number of rotatable bonds is 13. The third-order valence-electron chi connectivity index (χ3n) is 4.49. The van der Waals surface area contributed by atoms with Crippen LogP contribution in [0.5, 0.6) is 11.8 Å². The van der Waals surface area contributed by atoms with Crippen molar-refractivity contribution in [1.82, 2.24) is 25.4 Å². The number of hydrogen-bond donors (Lipinski definition) is 3. The Morgan fingerprint density at radius 1 is 1.23 bits per heavy atom. The van der Waals surface area contributed by atoms with Gasteiger partial charge < -0.3 is 9.47 Å². The number of hydroxylamine groups is 2. The zero-order chi connectivity index (χ0) is 22.6. The van der Waals surface area contributed by atoms with Crippen molar-refractivity contribution in [3.8, 4) is 23.1 Å². The number of pyridine rings is 1. The molecule has 11 heteroatoms. The Bertz CT molecular complexity index is 826. The third kappa shape index (κ3) is 7.37. The van der Waals surface area contributed by atoms with Gasteiger partial charge in [0.25, 0.3) is 0 Å². The number of carbonyl (C=O) groups excluding carboxylic acids is 2. The summed E-state index contributed by atoms with van der Waals surface area (Å²) in [5, 5.41) is 9.93. The second-order valence-electron chi connectivity index (χ2n) is 6.74. The first-order valence-corrected chi connectivity index (χ1v) is 9.90. The van der Waals surface area contributed by atoms with Gasteiger partial charge in [-0.1, -0.05) is 26.2 Å². The highest BCUT2D eigenvalue weighted by atomic mass is 16.5. The van der Waals surface area contributed by atoms with Crippen LogP contribution in [0.3, 0.4) is 0 Å². The molecular formula is C20H28N6O5. The van der Waals surface area contributed by atoms with Crippen molar-refractivity contribution in [3.63, 3.8) is 0 Å². The van der Waals surface area contributed by atoms with E-state index in [0.29, 0.717) is 40.4 Å². The normalized spacial score (nSPS) is 11.4. The number of hydrazine groups is 1. The van der Waals surface area contributed by atoms with Crippen LogP contribution >= 0.6 is 0 Å². The fourth-order valence-corrected chi connectivity index (χ4v) is 2.78. The molecule has 2 heterocycles. The van der Waals surface area contributed by atoms with Crippen LogP contribution < -0.4 is 20.3 Å². The van der Waals surface area contributed by atoms with Crippen molar-refractivity contribution in [2.24, 2.45) is 5.92 Å². The lowest BCUT2D eigenvalue weighted by Crippen LogP contribution is -2.40. The average molecular weight is 432 g/mol. The SMILES string of the molecule is CCCCCC(CN(O)C=O)C(=O)NNc1ccc(-c2nc(OC)cc(OC)n2)cn1. The number of unbranched alkanes of at least 4 members (excludes halogenated alkanes) is 2. The Kier molecular flexibility index (Phi) is 9.43. The molecule has 0 radical (unpaired) electrons. The monoisotopic (exact) mass is 432 g/mol. The van der Waals surface area contributed by atoms with Gasteiger partial charge >= 0.3 is 0 Å². The zero-order valence-electron chi connectivity index (χ0n) is 17.9. The smallest absolute Gasteiger partial charge is 0.243 e. The number of carbonyl (C=O) groups is 2. The van der Waals surface area contributed by atoms with Crippen LogP contribution in [0, 0.1) is 5.92 Å². The molecule has 1 atom stereocenters. The molecular weight excluding hydrogens is 404 g/mol. The van der Waals surface area contributed by atoms with Crippen LogP contribution in [0.25, 0.3) is 11.4 Å². The van der Waals surface area contributed by atoms with E-state index in [1.165, 1.54) is 14.2 Å². The van der Waals surface area contributed by atoms with Gasteiger partial charge in [0, 0.05) is 11.8 Å². The van der Waals surface area contributed by atoms with Gasteiger partial charge in [-0.25, -0.2) is 10.0 Å². The molecule has 0 saturated carbocycles. The number of hydrogen-bond acceptors (Lipinski definition) is 9. The summed E-state index contributed by atoms with van der Waals surface area (Å²) < 4.78 is 10.3. The molecule has 0 aliphatic carbocycles. The minimum Gasteiger partial charge on any atom is -0.481 e. The predicted octanol–water partition coefficient (Wildman–Crippen LogP) is 2.04. The number of nitrogens with one attached hydrogen (secondary N) is 2. The maximum Gasteiger partial charge on any atom is 0.243 e. The second-order valence-corrected chi connectivity index (χ2v) is 6.74. The maximum absolute atomic E-state index is 12.5. The van der Waals surface area contributed by atoms with Gasteiger partial charge in [-0.2, -0.15) is 9.97 Å². The highest BCUT2D eigenvalue weighted by Gasteiger charge is 2.20. The number of aromatic nitrogens is 3. The zero-order valence-corrected chi connectivity index (χ0v) is 17.9. The number of nitrogens with zero attached hydrogens (tertiary/aromatic N) is 4. The van der Waals surface area contributed by atoms with Crippen molar-refractivity contribution in [3.05, 3.63) is 24.4 Å². The Hall–Kier alpha value is -3.47. The number of ether oxygens (including phenoxy) is 2. The molecule has 0 saturated heterocycles.